The van der Waals surface area contributed by atoms with Gasteiger partial charge in [-0.25, -0.2) is 4.79 Å². The predicted octanol–water partition coefficient (Wildman–Crippen LogP) is 2.88. The number of carbonyl (C=O) groups is 2. The maximum Gasteiger partial charge on any atom is 0.334 e. The third kappa shape index (κ3) is 4.58. The van der Waals surface area contributed by atoms with Gasteiger partial charge in [0, 0.05) is 12.8 Å². The molecule has 0 saturated carbocycles. The molecule has 1 unspecified atom stereocenters. The summed E-state index contributed by atoms with van der Waals surface area (Å²) < 4.78 is 4.82. The molecule has 6 nitrogen and oxygen atoms in total. The van der Waals surface area contributed by atoms with Crippen LogP contribution in [0.5, 0.6) is 0 Å². The second kappa shape index (κ2) is 8.30. The molecule has 0 bridgehead atoms. The van der Waals surface area contributed by atoms with Gasteiger partial charge in [-0.15, -0.1) is 0 Å². The maximum absolute atomic E-state index is 12.5. The molecule has 6 heteroatoms. The number of anilines is 2. The number of ether oxygens (including phenoxy) is 1. The Kier molecular flexibility index (Phi) is 6.14. The molecule has 0 fully saturated rings. The summed E-state index contributed by atoms with van der Waals surface area (Å²) in [6, 6.07) is 13.0. The Morgan fingerprint density at radius 3 is 2.44 bits per heavy atom. The Labute approximate surface area is 146 Å². The summed E-state index contributed by atoms with van der Waals surface area (Å²) in [5.41, 5.74) is 4.25. The second-order valence-corrected chi connectivity index (χ2v) is 5.69. The minimum absolute atomic E-state index is 0.109. The van der Waals surface area contributed by atoms with Crippen LogP contribution in [0.25, 0.3) is 0 Å². The first-order chi connectivity index (χ1) is 11.9. The zero-order chi connectivity index (χ0) is 18.4. The molecule has 2 aromatic carbocycles. The summed E-state index contributed by atoms with van der Waals surface area (Å²) in [6.07, 6.45) is -1.08. The fourth-order valence-corrected chi connectivity index (χ4v) is 2.37. The SMILES string of the molecule is COC(CNC(=O)c1ccccc1Nc1cccc(C)c1C)C(=O)O. The molecule has 0 aromatic heterocycles. The monoisotopic (exact) mass is 342 g/mol. The number of aliphatic carboxylic acids is 1. The van der Waals surface area contributed by atoms with E-state index in [1.807, 2.05) is 44.2 Å². The Bertz CT molecular complexity index is 774. The van der Waals surface area contributed by atoms with Gasteiger partial charge in [0.25, 0.3) is 5.91 Å². The van der Waals surface area contributed by atoms with E-state index in [-0.39, 0.29) is 12.5 Å². The number of aryl methyl sites for hydroxylation is 1. The Morgan fingerprint density at radius 1 is 1.08 bits per heavy atom. The van der Waals surface area contributed by atoms with Crippen molar-refractivity contribution in [3.05, 3.63) is 59.2 Å². The molecular formula is C19H22N2O4. The summed E-state index contributed by atoms with van der Waals surface area (Å²) in [5.74, 6) is -1.48. The number of hydrogen-bond acceptors (Lipinski definition) is 4. The van der Waals surface area contributed by atoms with E-state index in [0.717, 1.165) is 16.8 Å². The van der Waals surface area contributed by atoms with Crippen LogP contribution in [0.2, 0.25) is 0 Å². The third-order valence-electron chi connectivity index (χ3n) is 4.05. The summed E-state index contributed by atoms with van der Waals surface area (Å²) in [7, 11) is 1.29. The van der Waals surface area contributed by atoms with Crippen LogP contribution in [0.4, 0.5) is 11.4 Å². The molecule has 1 atom stereocenters. The van der Waals surface area contributed by atoms with Crippen molar-refractivity contribution >= 4 is 23.3 Å². The minimum atomic E-state index is -1.12. The zero-order valence-corrected chi connectivity index (χ0v) is 14.5. The summed E-state index contributed by atoms with van der Waals surface area (Å²) in [6.45, 7) is 3.93. The van der Waals surface area contributed by atoms with Crippen molar-refractivity contribution < 1.29 is 19.4 Å². The summed E-state index contributed by atoms with van der Waals surface area (Å²) in [4.78, 5) is 23.4. The number of hydrogen-bond donors (Lipinski definition) is 3. The van der Waals surface area contributed by atoms with Crippen molar-refractivity contribution in [1.29, 1.82) is 0 Å². The molecule has 0 radical (unpaired) electrons. The van der Waals surface area contributed by atoms with E-state index in [9.17, 15) is 9.59 Å². The lowest BCUT2D eigenvalue weighted by molar-refractivity contribution is -0.148. The third-order valence-corrected chi connectivity index (χ3v) is 4.05. The quantitative estimate of drug-likeness (QED) is 0.720. The number of carbonyl (C=O) groups excluding carboxylic acids is 1. The lowest BCUT2D eigenvalue weighted by Crippen LogP contribution is -2.38. The average molecular weight is 342 g/mol. The second-order valence-electron chi connectivity index (χ2n) is 5.69. The average Bonchev–Trinajstić information content (AvgIpc) is 2.59. The highest BCUT2D eigenvalue weighted by atomic mass is 16.5. The predicted molar refractivity (Wildman–Crippen MR) is 96.4 cm³/mol. The molecule has 2 aromatic rings. The van der Waals surface area contributed by atoms with Crippen LogP contribution in [0.1, 0.15) is 21.5 Å². The van der Waals surface area contributed by atoms with Crippen molar-refractivity contribution in [2.24, 2.45) is 0 Å². The highest BCUT2D eigenvalue weighted by Gasteiger charge is 2.19. The van der Waals surface area contributed by atoms with Crippen LogP contribution in [0, 0.1) is 13.8 Å². The maximum atomic E-state index is 12.5. The van der Waals surface area contributed by atoms with Gasteiger partial charge in [0.1, 0.15) is 0 Å². The van der Waals surface area contributed by atoms with Gasteiger partial charge in [0.05, 0.1) is 17.8 Å². The van der Waals surface area contributed by atoms with Gasteiger partial charge in [-0.3, -0.25) is 4.79 Å². The molecule has 0 aliphatic rings. The highest BCUT2D eigenvalue weighted by Crippen LogP contribution is 2.25. The van der Waals surface area contributed by atoms with Crippen molar-refractivity contribution in [2.45, 2.75) is 20.0 Å². The standard InChI is InChI=1S/C19H22N2O4/c1-12-7-6-10-15(13(12)2)21-16-9-5-4-8-14(16)18(22)20-11-17(25-3)19(23)24/h4-10,17,21H,11H2,1-3H3,(H,20,22)(H,23,24). The number of carboxylic acid groups (broad SMARTS) is 1. The van der Waals surface area contributed by atoms with Crippen LogP contribution in [0.15, 0.2) is 42.5 Å². The van der Waals surface area contributed by atoms with Crippen molar-refractivity contribution in [3.63, 3.8) is 0 Å². The molecule has 0 aliphatic heterocycles. The smallest absolute Gasteiger partial charge is 0.334 e. The fraction of sp³-hybridized carbons (Fsp3) is 0.263. The van der Waals surface area contributed by atoms with E-state index in [1.54, 1.807) is 12.1 Å². The topological polar surface area (TPSA) is 87.7 Å². The number of amides is 1. The molecule has 25 heavy (non-hydrogen) atoms. The summed E-state index contributed by atoms with van der Waals surface area (Å²) in [5, 5.41) is 14.9. The summed E-state index contributed by atoms with van der Waals surface area (Å²) >= 11 is 0. The van der Waals surface area contributed by atoms with Crippen LogP contribution in [0.3, 0.4) is 0 Å². The Balaban J connectivity index is 2.18. The molecule has 1 amide bonds. The fourth-order valence-electron chi connectivity index (χ4n) is 2.37. The van der Waals surface area contributed by atoms with Gasteiger partial charge in [0.15, 0.2) is 6.10 Å². The minimum Gasteiger partial charge on any atom is -0.479 e. The van der Waals surface area contributed by atoms with Gasteiger partial charge in [-0.2, -0.15) is 0 Å². The van der Waals surface area contributed by atoms with E-state index in [0.29, 0.717) is 11.3 Å². The number of methoxy groups -OCH3 is 1. The van der Waals surface area contributed by atoms with E-state index < -0.39 is 12.1 Å². The van der Waals surface area contributed by atoms with Gasteiger partial charge < -0.3 is 20.5 Å². The first kappa shape index (κ1) is 18.5. The van der Waals surface area contributed by atoms with Crippen molar-refractivity contribution in [3.8, 4) is 0 Å². The van der Waals surface area contributed by atoms with E-state index in [1.165, 1.54) is 7.11 Å². The van der Waals surface area contributed by atoms with Gasteiger partial charge in [-0.05, 0) is 43.2 Å². The molecule has 0 spiro atoms. The van der Waals surface area contributed by atoms with E-state index in [2.05, 4.69) is 10.6 Å². The molecule has 3 N–H and O–H groups in total. The molecule has 0 heterocycles. The van der Waals surface area contributed by atoms with Crippen LogP contribution in [-0.2, 0) is 9.53 Å². The van der Waals surface area contributed by atoms with Crippen LogP contribution >= 0.6 is 0 Å². The number of carboxylic acids is 1. The molecule has 0 saturated heterocycles. The Morgan fingerprint density at radius 2 is 1.76 bits per heavy atom. The number of benzene rings is 2. The molecular weight excluding hydrogens is 320 g/mol. The van der Waals surface area contributed by atoms with Crippen LogP contribution in [-0.4, -0.2) is 36.7 Å². The Hall–Kier alpha value is -2.86. The molecule has 2 rings (SSSR count). The first-order valence-electron chi connectivity index (χ1n) is 7.90. The van der Waals surface area contributed by atoms with Gasteiger partial charge in [0.2, 0.25) is 0 Å². The normalized spacial score (nSPS) is 11.6. The molecule has 0 aliphatic carbocycles. The highest BCUT2D eigenvalue weighted by molar-refractivity contribution is 6.00. The number of nitrogens with one attached hydrogen (secondary N) is 2. The van der Waals surface area contributed by atoms with E-state index in [4.69, 9.17) is 9.84 Å². The lowest BCUT2D eigenvalue weighted by atomic mass is 10.1. The van der Waals surface area contributed by atoms with Crippen LogP contribution < -0.4 is 10.6 Å². The largest absolute Gasteiger partial charge is 0.479 e. The first-order valence-corrected chi connectivity index (χ1v) is 7.90. The van der Waals surface area contributed by atoms with Crippen molar-refractivity contribution in [2.75, 3.05) is 19.0 Å². The van der Waals surface area contributed by atoms with Gasteiger partial charge in [-0.1, -0.05) is 24.3 Å². The number of rotatable bonds is 7. The van der Waals surface area contributed by atoms with Crippen molar-refractivity contribution in [1.82, 2.24) is 5.32 Å². The number of para-hydroxylation sites is 1. The van der Waals surface area contributed by atoms with Gasteiger partial charge >= 0.3 is 5.97 Å². The zero-order valence-electron chi connectivity index (χ0n) is 14.5. The van der Waals surface area contributed by atoms with E-state index >= 15 is 0 Å². The lowest BCUT2D eigenvalue weighted by Gasteiger charge is -2.16. The molecule has 132 valence electrons.